The number of amides is 2. The van der Waals surface area contributed by atoms with Gasteiger partial charge in [-0.15, -0.1) is 11.8 Å². The third-order valence-corrected chi connectivity index (χ3v) is 5.14. The number of nitrogens with one attached hydrogen (secondary N) is 2. The number of carbonyl (C=O) groups is 2. The van der Waals surface area contributed by atoms with E-state index in [2.05, 4.69) is 22.7 Å². The Morgan fingerprint density at radius 2 is 2.05 bits per heavy atom. The number of thioether (sulfide) groups is 1. The smallest absolute Gasteiger partial charge is 0.238 e. The normalized spacial score (nSPS) is 22.8. The first-order valence-electron chi connectivity index (χ1n) is 7.41. The molecule has 3 rings (SSSR count). The maximum atomic E-state index is 12.2. The van der Waals surface area contributed by atoms with E-state index in [9.17, 15) is 9.59 Å². The fourth-order valence-electron chi connectivity index (χ4n) is 2.54. The van der Waals surface area contributed by atoms with Gasteiger partial charge in [0.2, 0.25) is 11.8 Å². The molecular formula is C15H20N4O2S. The molecule has 0 bridgehead atoms. The van der Waals surface area contributed by atoms with Crippen LogP contribution in [0.15, 0.2) is 29.2 Å². The Hall–Kier alpha value is -1.57. The van der Waals surface area contributed by atoms with Gasteiger partial charge in [-0.25, -0.2) is 5.01 Å². The summed E-state index contributed by atoms with van der Waals surface area (Å²) >= 11 is 1.46. The molecule has 1 saturated heterocycles. The molecule has 1 aromatic rings. The number of carbonyl (C=O) groups excluding carboxylic acids is 2. The number of likely N-dealkylation sites (N-methyl/N-ethyl adjacent to an activating group) is 1. The van der Waals surface area contributed by atoms with Gasteiger partial charge in [0.1, 0.15) is 0 Å². The zero-order valence-electron chi connectivity index (χ0n) is 12.5. The number of hydrazine groups is 1. The number of hydrogen-bond donors (Lipinski definition) is 2. The maximum absolute atomic E-state index is 12.2. The van der Waals surface area contributed by atoms with E-state index in [-0.39, 0.29) is 23.5 Å². The minimum atomic E-state index is -0.373. The van der Waals surface area contributed by atoms with E-state index in [0.717, 1.165) is 36.8 Å². The van der Waals surface area contributed by atoms with Gasteiger partial charge in [-0.05, 0) is 19.2 Å². The molecule has 2 amide bonds. The Morgan fingerprint density at radius 1 is 1.32 bits per heavy atom. The molecule has 118 valence electrons. The van der Waals surface area contributed by atoms with Crippen molar-refractivity contribution >= 4 is 29.3 Å². The summed E-state index contributed by atoms with van der Waals surface area (Å²) in [5, 5.41) is 4.42. The van der Waals surface area contributed by atoms with Crippen LogP contribution < -0.4 is 10.7 Å². The number of nitrogens with zero attached hydrogens (tertiary/aromatic N) is 2. The van der Waals surface area contributed by atoms with E-state index in [1.54, 1.807) is 0 Å². The first-order valence-corrected chi connectivity index (χ1v) is 8.29. The molecule has 7 heteroatoms. The lowest BCUT2D eigenvalue weighted by Gasteiger charge is -2.32. The van der Waals surface area contributed by atoms with Crippen LogP contribution in [-0.4, -0.2) is 60.2 Å². The first-order chi connectivity index (χ1) is 10.6. The van der Waals surface area contributed by atoms with Gasteiger partial charge in [0.05, 0.1) is 10.9 Å². The van der Waals surface area contributed by atoms with Crippen molar-refractivity contribution in [2.45, 2.75) is 16.6 Å². The highest BCUT2D eigenvalue weighted by Crippen LogP contribution is 2.36. The fourth-order valence-corrected chi connectivity index (χ4v) is 3.65. The van der Waals surface area contributed by atoms with Crippen LogP contribution in [0.2, 0.25) is 0 Å². The molecule has 0 radical (unpaired) electrons. The van der Waals surface area contributed by atoms with Gasteiger partial charge in [0, 0.05) is 37.5 Å². The van der Waals surface area contributed by atoms with Crippen LogP contribution in [-0.2, 0) is 9.59 Å². The second-order valence-electron chi connectivity index (χ2n) is 5.62. The molecule has 0 unspecified atom stereocenters. The van der Waals surface area contributed by atoms with Gasteiger partial charge in [0.25, 0.3) is 0 Å². The first kappa shape index (κ1) is 15.3. The highest BCUT2D eigenvalue weighted by Gasteiger charge is 2.29. The Balaban J connectivity index is 1.54. The van der Waals surface area contributed by atoms with Gasteiger partial charge in [-0.2, -0.15) is 0 Å². The van der Waals surface area contributed by atoms with Crippen molar-refractivity contribution in [2.75, 3.05) is 38.5 Å². The molecule has 1 fully saturated rings. The number of rotatable bonds is 3. The van der Waals surface area contributed by atoms with Crippen LogP contribution >= 0.6 is 11.8 Å². The average Bonchev–Trinajstić information content (AvgIpc) is 2.50. The lowest BCUT2D eigenvalue weighted by Crippen LogP contribution is -2.53. The van der Waals surface area contributed by atoms with Gasteiger partial charge in [0.15, 0.2) is 0 Å². The number of hydrogen-bond acceptors (Lipinski definition) is 5. The SMILES string of the molecule is CN1CCN(NC(=O)C[C@H]2Sc3ccccc3NC2=O)CC1. The summed E-state index contributed by atoms with van der Waals surface area (Å²) in [4.78, 5) is 27.5. The lowest BCUT2D eigenvalue weighted by atomic mass is 10.2. The molecule has 22 heavy (non-hydrogen) atoms. The largest absolute Gasteiger partial charge is 0.324 e. The Labute approximate surface area is 134 Å². The summed E-state index contributed by atoms with van der Waals surface area (Å²) in [6.07, 6.45) is 0.192. The predicted molar refractivity (Wildman–Crippen MR) is 86.5 cm³/mol. The van der Waals surface area contributed by atoms with Crippen LogP contribution in [0.3, 0.4) is 0 Å². The maximum Gasteiger partial charge on any atom is 0.238 e. The van der Waals surface area contributed by atoms with E-state index >= 15 is 0 Å². The van der Waals surface area contributed by atoms with Crippen molar-refractivity contribution in [3.63, 3.8) is 0 Å². The molecule has 0 spiro atoms. The van der Waals surface area contributed by atoms with Crippen molar-refractivity contribution < 1.29 is 9.59 Å². The van der Waals surface area contributed by atoms with Crippen LogP contribution in [0.4, 0.5) is 5.69 Å². The number of fused-ring (bicyclic) bond motifs is 1. The van der Waals surface area contributed by atoms with Gasteiger partial charge in [-0.1, -0.05) is 12.1 Å². The van der Waals surface area contributed by atoms with Crippen molar-refractivity contribution in [1.82, 2.24) is 15.3 Å². The summed E-state index contributed by atoms with van der Waals surface area (Å²) in [7, 11) is 2.07. The lowest BCUT2D eigenvalue weighted by molar-refractivity contribution is -0.128. The van der Waals surface area contributed by atoms with Crippen molar-refractivity contribution in [3.8, 4) is 0 Å². The second-order valence-corrected chi connectivity index (χ2v) is 6.87. The molecule has 0 saturated carbocycles. The van der Waals surface area contributed by atoms with E-state index in [1.165, 1.54) is 11.8 Å². The molecule has 2 N–H and O–H groups in total. The number of anilines is 1. The molecule has 0 aromatic heterocycles. The van der Waals surface area contributed by atoms with Gasteiger partial charge in [-0.3, -0.25) is 15.0 Å². The topological polar surface area (TPSA) is 64.7 Å². The zero-order valence-corrected chi connectivity index (χ0v) is 13.4. The standard InChI is InChI=1S/C15H20N4O2S/c1-18-6-8-19(9-7-18)17-14(20)10-13-15(21)16-11-4-2-3-5-12(11)22-13/h2-5,13H,6-10H2,1H3,(H,16,21)(H,17,20)/t13-/m1/s1. The quantitative estimate of drug-likeness (QED) is 0.861. The van der Waals surface area contributed by atoms with Gasteiger partial charge >= 0.3 is 0 Å². The molecule has 1 atom stereocenters. The molecule has 2 aliphatic rings. The molecule has 2 aliphatic heterocycles. The Bertz CT molecular complexity index is 572. The van der Waals surface area contributed by atoms with E-state index in [4.69, 9.17) is 0 Å². The fraction of sp³-hybridized carbons (Fsp3) is 0.467. The Kier molecular flexibility index (Phi) is 4.66. The third-order valence-electron chi connectivity index (χ3n) is 3.86. The van der Waals surface area contributed by atoms with Crippen molar-refractivity contribution in [1.29, 1.82) is 0 Å². The Morgan fingerprint density at radius 3 is 2.82 bits per heavy atom. The third kappa shape index (κ3) is 3.60. The van der Waals surface area contributed by atoms with Crippen LogP contribution in [0, 0.1) is 0 Å². The minimum absolute atomic E-state index is 0.0998. The summed E-state index contributed by atoms with van der Waals surface area (Å²) in [6, 6.07) is 7.66. The second kappa shape index (κ2) is 6.68. The highest BCUT2D eigenvalue weighted by molar-refractivity contribution is 8.01. The molecular weight excluding hydrogens is 300 g/mol. The average molecular weight is 320 g/mol. The van der Waals surface area contributed by atoms with Crippen LogP contribution in [0.1, 0.15) is 6.42 Å². The zero-order chi connectivity index (χ0) is 15.5. The van der Waals surface area contributed by atoms with Crippen LogP contribution in [0.5, 0.6) is 0 Å². The number of benzene rings is 1. The molecule has 0 aliphatic carbocycles. The summed E-state index contributed by atoms with van der Waals surface area (Å²) in [5.74, 6) is -0.200. The minimum Gasteiger partial charge on any atom is -0.324 e. The van der Waals surface area contributed by atoms with E-state index in [0.29, 0.717) is 0 Å². The van der Waals surface area contributed by atoms with E-state index < -0.39 is 0 Å². The summed E-state index contributed by atoms with van der Waals surface area (Å²) in [6.45, 7) is 3.50. The number of para-hydroxylation sites is 1. The predicted octanol–water partition coefficient (Wildman–Crippen LogP) is 0.768. The summed E-state index contributed by atoms with van der Waals surface area (Å²) in [5.41, 5.74) is 3.73. The molecule has 2 heterocycles. The highest BCUT2D eigenvalue weighted by atomic mass is 32.2. The number of piperazine rings is 1. The van der Waals surface area contributed by atoms with Crippen LogP contribution in [0.25, 0.3) is 0 Å². The van der Waals surface area contributed by atoms with Gasteiger partial charge < -0.3 is 10.2 Å². The molecule has 6 nitrogen and oxygen atoms in total. The monoisotopic (exact) mass is 320 g/mol. The van der Waals surface area contributed by atoms with Crippen molar-refractivity contribution in [2.24, 2.45) is 0 Å². The van der Waals surface area contributed by atoms with E-state index in [1.807, 2.05) is 29.3 Å². The van der Waals surface area contributed by atoms with Crippen molar-refractivity contribution in [3.05, 3.63) is 24.3 Å². The molecule has 1 aromatic carbocycles. The summed E-state index contributed by atoms with van der Waals surface area (Å²) < 4.78 is 0.